The van der Waals surface area contributed by atoms with Crippen LogP contribution in [0.1, 0.15) is 26.2 Å². The summed E-state index contributed by atoms with van der Waals surface area (Å²) in [6, 6.07) is 0. The van der Waals surface area contributed by atoms with Gasteiger partial charge in [0.2, 0.25) is 0 Å². The second-order valence-corrected chi connectivity index (χ2v) is 6.43. The molecule has 0 aromatic rings. The van der Waals surface area contributed by atoms with Gasteiger partial charge in [-0.15, -0.1) is 0 Å². The van der Waals surface area contributed by atoms with E-state index in [0.717, 1.165) is 12.2 Å². The minimum atomic E-state index is -0.609. The van der Waals surface area contributed by atoms with E-state index < -0.39 is 10.8 Å². The summed E-state index contributed by atoms with van der Waals surface area (Å²) in [5.74, 6) is 0.871. The van der Waals surface area contributed by atoms with E-state index in [9.17, 15) is 4.21 Å². The Balaban J connectivity index is 2.30. The zero-order valence-electron chi connectivity index (χ0n) is 7.10. The highest BCUT2D eigenvalue weighted by Crippen LogP contribution is 2.54. The zero-order valence-corrected chi connectivity index (χ0v) is 9.50. The lowest BCUT2D eigenvalue weighted by Crippen LogP contribution is -2.15. The van der Waals surface area contributed by atoms with Crippen LogP contribution in [0.3, 0.4) is 0 Å². The lowest BCUT2D eigenvalue weighted by atomic mass is 10.0. The first-order chi connectivity index (χ1) is 5.07. The third-order valence-electron chi connectivity index (χ3n) is 2.62. The van der Waals surface area contributed by atoms with Gasteiger partial charge in [-0.2, -0.15) is 0 Å². The lowest BCUT2D eigenvalue weighted by molar-refractivity contribution is 0.495. The van der Waals surface area contributed by atoms with Gasteiger partial charge in [0.25, 0.3) is 0 Å². The second kappa shape index (κ2) is 3.56. The fraction of sp³-hybridized carbons (Fsp3) is 1.00. The Morgan fingerprint density at radius 1 is 1.64 bits per heavy atom. The Hall–Kier alpha value is 0.630. The predicted molar refractivity (Wildman–Crippen MR) is 53.6 cm³/mol. The molecular weight excluding hydrogens is 224 g/mol. The van der Waals surface area contributed by atoms with E-state index >= 15 is 0 Å². The first kappa shape index (κ1) is 9.72. The van der Waals surface area contributed by atoms with Crippen molar-refractivity contribution in [3.8, 4) is 0 Å². The molecule has 0 heterocycles. The van der Waals surface area contributed by atoms with Gasteiger partial charge in [0, 0.05) is 27.6 Å². The molecule has 66 valence electrons. The molecule has 1 rings (SSSR count). The van der Waals surface area contributed by atoms with Gasteiger partial charge in [0.15, 0.2) is 0 Å². The van der Waals surface area contributed by atoms with Crippen LogP contribution in [0, 0.1) is 5.41 Å². The summed E-state index contributed by atoms with van der Waals surface area (Å²) >= 11 is 3.61. The molecule has 0 radical (unpaired) electrons. The van der Waals surface area contributed by atoms with Crippen molar-refractivity contribution >= 4 is 26.7 Å². The Morgan fingerprint density at radius 2 is 2.18 bits per heavy atom. The molecule has 1 nitrogen and oxygen atoms in total. The van der Waals surface area contributed by atoms with Gasteiger partial charge < -0.3 is 0 Å². The smallest absolute Gasteiger partial charge is 0.0237 e. The van der Waals surface area contributed by atoms with Crippen LogP contribution in [-0.2, 0) is 10.8 Å². The van der Waals surface area contributed by atoms with Crippen molar-refractivity contribution in [2.45, 2.75) is 31.0 Å². The molecule has 1 aliphatic rings. The standard InChI is InChI=1S/C8H15BrOS/c1-7(9)8(3-4-8)5-6-11(2)10/h7H,3-6H2,1-2H3. The van der Waals surface area contributed by atoms with E-state index in [1.54, 1.807) is 6.26 Å². The summed E-state index contributed by atoms with van der Waals surface area (Å²) in [7, 11) is -0.609. The van der Waals surface area contributed by atoms with Crippen molar-refractivity contribution in [3.05, 3.63) is 0 Å². The Labute approximate surface area is 79.5 Å². The quantitative estimate of drug-likeness (QED) is 0.688. The third kappa shape index (κ3) is 2.55. The molecule has 0 aromatic carbocycles. The second-order valence-electron chi connectivity index (χ2n) is 3.51. The van der Waals surface area contributed by atoms with Crippen molar-refractivity contribution in [1.82, 2.24) is 0 Å². The van der Waals surface area contributed by atoms with Crippen molar-refractivity contribution in [1.29, 1.82) is 0 Å². The minimum absolute atomic E-state index is 0.506. The first-order valence-corrected chi connectivity index (χ1v) is 6.65. The monoisotopic (exact) mass is 238 g/mol. The Kier molecular flexibility index (Phi) is 3.15. The van der Waals surface area contributed by atoms with Crippen LogP contribution in [0.25, 0.3) is 0 Å². The predicted octanol–water partition coefficient (Wildman–Crippen LogP) is 2.32. The minimum Gasteiger partial charge on any atom is -0.260 e. The number of halogens is 1. The van der Waals surface area contributed by atoms with Crippen LogP contribution < -0.4 is 0 Å². The number of rotatable bonds is 4. The topological polar surface area (TPSA) is 17.1 Å². The van der Waals surface area contributed by atoms with Crippen LogP contribution >= 0.6 is 15.9 Å². The molecule has 3 heteroatoms. The van der Waals surface area contributed by atoms with Crippen molar-refractivity contribution < 1.29 is 4.21 Å². The van der Waals surface area contributed by atoms with Crippen LogP contribution in [-0.4, -0.2) is 21.0 Å². The molecule has 0 aromatic heterocycles. The van der Waals surface area contributed by atoms with Gasteiger partial charge in [0.1, 0.15) is 0 Å². The molecular formula is C8H15BrOS. The zero-order chi connectivity index (χ0) is 8.48. The van der Waals surface area contributed by atoms with Crippen LogP contribution in [0.5, 0.6) is 0 Å². The molecule has 0 N–H and O–H groups in total. The molecule has 2 atom stereocenters. The van der Waals surface area contributed by atoms with Crippen LogP contribution in [0.4, 0.5) is 0 Å². The molecule has 0 bridgehead atoms. The average Bonchev–Trinajstić information content (AvgIpc) is 2.63. The van der Waals surface area contributed by atoms with E-state index in [-0.39, 0.29) is 0 Å². The average molecular weight is 239 g/mol. The summed E-state index contributed by atoms with van der Waals surface area (Å²) in [4.78, 5) is 0.596. The lowest BCUT2D eigenvalue weighted by Gasteiger charge is -2.16. The molecule has 0 amide bonds. The van der Waals surface area contributed by atoms with Crippen molar-refractivity contribution in [2.24, 2.45) is 5.41 Å². The van der Waals surface area contributed by atoms with Crippen molar-refractivity contribution in [3.63, 3.8) is 0 Å². The molecule has 1 saturated carbocycles. The van der Waals surface area contributed by atoms with Crippen LogP contribution in [0.2, 0.25) is 0 Å². The maximum Gasteiger partial charge on any atom is 0.0237 e. The largest absolute Gasteiger partial charge is 0.260 e. The van der Waals surface area contributed by atoms with E-state index in [2.05, 4.69) is 22.9 Å². The highest BCUT2D eigenvalue weighted by atomic mass is 79.9. The van der Waals surface area contributed by atoms with Gasteiger partial charge in [-0.1, -0.05) is 22.9 Å². The van der Waals surface area contributed by atoms with Gasteiger partial charge in [0.05, 0.1) is 0 Å². The number of hydrogen-bond acceptors (Lipinski definition) is 1. The van der Waals surface area contributed by atoms with Gasteiger partial charge in [-0.05, 0) is 24.7 Å². The maximum atomic E-state index is 10.8. The van der Waals surface area contributed by atoms with Gasteiger partial charge >= 0.3 is 0 Å². The summed E-state index contributed by atoms with van der Waals surface area (Å²) in [5, 5.41) is 0. The van der Waals surface area contributed by atoms with E-state index in [1.807, 2.05) is 0 Å². The summed E-state index contributed by atoms with van der Waals surface area (Å²) in [6.45, 7) is 2.20. The van der Waals surface area contributed by atoms with Gasteiger partial charge in [-0.25, -0.2) is 0 Å². The fourth-order valence-electron chi connectivity index (χ4n) is 1.35. The molecule has 11 heavy (non-hydrogen) atoms. The first-order valence-electron chi connectivity index (χ1n) is 4.01. The molecule has 1 aliphatic carbocycles. The SMILES string of the molecule is CC(Br)C1(CCS(C)=O)CC1. The third-order valence-corrected chi connectivity index (χ3v) is 4.37. The van der Waals surface area contributed by atoms with E-state index in [1.165, 1.54) is 12.8 Å². The van der Waals surface area contributed by atoms with Crippen LogP contribution in [0.15, 0.2) is 0 Å². The molecule has 0 saturated heterocycles. The maximum absolute atomic E-state index is 10.8. The molecule has 2 unspecified atom stereocenters. The number of alkyl halides is 1. The molecule has 1 fully saturated rings. The van der Waals surface area contributed by atoms with E-state index in [4.69, 9.17) is 0 Å². The number of hydrogen-bond donors (Lipinski definition) is 0. The summed E-state index contributed by atoms with van der Waals surface area (Å²) < 4.78 is 10.8. The summed E-state index contributed by atoms with van der Waals surface area (Å²) in [5.41, 5.74) is 0.506. The van der Waals surface area contributed by atoms with Crippen molar-refractivity contribution in [2.75, 3.05) is 12.0 Å². The normalized spacial score (nSPS) is 26.1. The highest BCUT2D eigenvalue weighted by Gasteiger charge is 2.45. The Bertz CT molecular complexity index is 163. The van der Waals surface area contributed by atoms with Gasteiger partial charge in [-0.3, -0.25) is 4.21 Å². The fourth-order valence-corrected chi connectivity index (χ4v) is 2.73. The summed E-state index contributed by atoms with van der Waals surface area (Å²) in [6.07, 6.45) is 5.55. The molecule has 0 aliphatic heterocycles. The molecule has 0 spiro atoms. The highest BCUT2D eigenvalue weighted by molar-refractivity contribution is 9.09. The Morgan fingerprint density at radius 3 is 2.45 bits per heavy atom. The van der Waals surface area contributed by atoms with E-state index in [0.29, 0.717) is 10.2 Å².